The van der Waals surface area contributed by atoms with E-state index in [1.54, 1.807) is 0 Å². The maximum Gasteiger partial charge on any atom is 0.449 e. The molecule has 0 aromatic carbocycles. The zero-order valence-corrected chi connectivity index (χ0v) is 10.3. The minimum absolute atomic E-state index is 0.0571. The van der Waals surface area contributed by atoms with Crippen molar-refractivity contribution in [3.8, 4) is 0 Å². The normalized spacial score (nSPS) is 11.8. The molecule has 3 nitrogen and oxygen atoms in total. The lowest BCUT2D eigenvalue weighted by molar-refractivity contribution is -0.147. The summed E-state index contributed by atoms with van der Waals surface area (Å²) in [7, 11) is 0. The summed E-state index contributed by atoms with van der Waals surface area (Å²) in [5.74, 6) is -1.88. The Hall–Kier alpha value is -1.44. The van der Waals surface area contributed by atoms with Crippen molar-refractivity contribution in [1.29, 1.82) is 0 Å². The van der Waals surface area contributed by atoms with Crippen LogP contribution in [-0.4, -0.2) is 14.5 Å². The summed E-state index contributed by atoms with van der Waals surface area (Å²) in [5.41, 5.74) is 0.0571. The summed E-state index contributed by atoms with van der Waals surface area (Å²) in [5, 5.41) is 0. The lowest BCUT2D eigenvalue weighted by atomic mass is 10.3. The molecule has 0 amide bonds. The molecule has 0 aliphatic heterocycles. The van der Waals surface area contributed by atoms with Crippen LogP contribution in [0.2, 0.25) is 0 Å². The fraction of sp³-hybridized carbons (Fsp3) is 0.200. The molecule has 18 heavy (non-hydrogen) atoms. The van der Waals surface area contributed by atoms with Gasteiger partial charge in [0.1, 0.15) is 4.60 Å². The molecule has 0 unspecified atom stereocenters. The highest BCUT2D eigenvalue weighted by molar-refractivity contribution is 9.10. The highest BCUT2D eigenvalue weighted by atomic mass is 79.9. The quantitative estimate of drug-likeness (QED) is 0.627. The van der Waals surface area contributed by atoms with Gasteiger partial charge in [0.05, 0.1) is 6.54 Å². The molecule has 0 N–H and O–H groups in total. The van der Waals surface area contributed by atoms with Gasteiger partial charge in [-0.2, -0.15) is 17.6 Å². The van der Waals surface area contributed by atoms with Crippen molar-refractivity contribution in [1.82, 2.24) is 14.5 Å². The first-order valence-corrected chi connectivity index (χ1v) is 5.56. The minimum atomic E-state index is -4.57. The number of hydrogen-bond donors (Lipinski definition) is 0. The van der Waals surface area contributed by atoms with Gasteiger partial charge in [-0.05, 0) is 28.1 Å². The minimum Gasteiger partial charge on any atom is -0.323 e. The van der Waals surface area contributed by atoms with Crippen molar-refractivity contribution < 1.29 is 17.6 Å². The van der Waals surface area contributed by atoms with Gasteiger partial charge in [-0.15, -0.1) is 0 Å². The van der Waals surface area contributed by atoms with Crippen LogP contribution in [0.15, 0.2) is 29.1 Å². The number of halogens is 5. The molecule has 2 aromatic rings. The highest BCUT2D eigenvalue weighted by Crippen LogP contribution is 2.28. The Morgan fingerprint density at radius 3 is 2.61 bits per heavy atom. The average molecular weight is 324 g/mol. The first kappa shape index (κ1) is 13.0. The van der Waals surface area contributed by atoms with Crippen LogP contribution in [0.1, 0.15) is 11.4 Å². The summed E-state index contributed by atoms with van der Waals surface area (Å²) in [6, 6.07) is 2.83. The van der Waals surface area contributed by atoms with Gasteiger partial charge in [0.15, 0.2) is 0 Å². The largest absolute Gasteiger partial charge is 0.449 e. The van der Waals surface area contributed by atoms with E-state index in [2.05, 4.69) is 25.9 Å². The van der Waals surface area contributed by atoms with E-state index >= 15 is 0 Å². The van der Waals surface area contributed by atoms with Gasteiger partial charge in [0.25, 0.3) is 0 Å². The fourth-order valence-electron chi connectivity index (χ4n) is 1.44. The standard InChI is InChI=1S/C10H6BrF4N3/c11-7-2-1-6(8(12)17-7)5-18-4-3-16-9(18)10(13,14)15/h1-4H,5H2. The second-order valence-electron chi connectivity index (χ2n) is 3.46. The van der Waals surface area contributed by atoms with Crippen LogP contribution in [0.5, 0.6) is 0 Å². The SMILES string of the molecule is Fc1nc(Br)ccc1Cn1ccnc1C(F)(F)F. The number of rotatable bonds is 2. The number of alkyl halides is 3. The van der Waals surface area contributed by atoms with Crippen LogP contribution in [0.4, 0.5) is 17.6 Å². The lowest BCUT2D eigenvalue weighted by Crippen LogP contribution is -2.15. The molecule has 0 radical (unpaired) electrons. The third-order valence-corrected chi connectivity index (χ3v) is 2.64. The summed E-state index contributed by atoms with van der Waals surface area (Å²) in [4.78, 5) is 6.70. The molecule has 0 aliphatic carbocycles. The molecule has 96 valence electrons. The Bertz CT molecular complexity index is 564. The maximum absolute atomic E-state index is 13.4. The number of pyridine rings is 1. The molecule has 0 spiro atoms. The average Bonchev–Trinajstić information content (AvgIpc) is 2.70. The predicted octanol–water partition coefficient (Wildman–Crippen LogP) is 3.25. The Kier molecular flexibility index (Phi) is 3.38. The lowest BCUT2D eigenvalue weighted by Gasteiger charge is -2.10. The molecule has 2 heterocycles. The predicted molar refractivity (Wildman–Crippen MR) is 58.2 cm³/mol. The van der Waals surface area contributed by atoms with Crippen LogP contribution >= 0.6 is 15.9 Å². The Balaban J connectivity index is 2.32. The number of imidazole rings is 1. The zero-order chi connectivity index (χ0) is 13.3. The zero-order valence-electron chi connectivity index (χ0n) is 8.75. The van der Waals surface area contributed by atoms with Crippen molar-refractivity contribution in [3.05, 3.63) is 46.5 Å². The van der Waals surface area contributed by atoms with Gasteiger partial charge < -0.3 is 4.57 Å². The third-order valence-electron chi connectivity index (χ3n) is 2.20. The molecular formula is C10H6BrF4N3. The Morgan fingerprint density at radius 2 is 2.00 bits per heavy atom. The Morgan fingerprint density at radius 1 is 1.28 bits per heavy atom. The van der Waals surface area contributed by atoms with Crippen molar-refractivity contribution >= 4 is 15.9 Å². The molecule has 0 bridgehead atoms. The second-order valence-corrected chi connectivity index (χ2v) is 4.27. The van der Waals surface area contributed by atoms with E-state index in [9.17, 15) is 17.6 Å². The van der Waals surface area contributed by atoms with Crippen LogP contribution in [0.25, 0.3) is 0 Å². The van der Waals surface area contributed by atoms with Gasteiger partial charge in [-0.1, -0.05) is 0 Å². The van der Waals surface area contributed by atoms with Gasteiger partial charge in [-0.25, -0.2) is 9.97 Å². The van der Waals surface area contributed by atoms with Crippen molar-refractivity contribution in [2.45, 2.75) is 12.7 Å². The summed E-state index contributed by atoms with van der Waals surface area (Å²) >= 11 is 2.97. The monoisotopic (exact) mass is 323 g/mol. The summed E-state index contributed by atoms with van der Waals surface area (Å²) in [6.07, 6.45) is -2.40. The van der Waals surface area contributed by atoms with Crippen molar-refractivity contribution in [2.24, 2.45) is 0 Å². The molecule has 8 heteroatoms. The van der Waals surface area contributed by atoms with Crippen LogP contribution in [0, 0.1) is 5.95 Å². The van der Waals surface area contributed by atoms with Crippen LogP contribution in [-0.2, 0) is 12.7 Å². The number of hydrogen-bond acceptors (Lipinski definition) is 2. The topological polar surface area (TPSA) is 30.7 Å². The van der Waals surface area contributed by atoms with E-state index < -0.39 is 17.9 Å². The van der Waals surface area contributed by atoms with E-state index in [4.69, 9.17) is 0 Å². The number of aromatic nitrogens is 3. The molecule has 0 atom stereocenters. The van der Waals surface area contributed by atoms with Gasteiger partial charge in [0, 0.05) is 18.0 Å². The van der Waals surface area contributed by atoms with Crippen molar-refractivity contribution in [2.75, 3.05) is 0 Å². The van der Waals surface area contributed by atoms with E-state index in [1.807, 2.05) is 0 Å². The van der Waals surface area contributed by atoms with E-state index in [1.165, 1.54) is 12.1 Å². The first-order chi connectivity index (χ1) is 8.38. The first-order valence-electron chi connectivity index (χ1n) is 4.77. The van der Waals surface area contributed by atoms with Crippen LogP contribution < -0.4 is 0 Å². The summed E-state index contributed by atoms with van der Waals surface area (Å²) in [6.45, 7) is -0.277. The van der Waals surface area contributed by atoms with Gasteiger partial charge in [-0.3, -0.25) is 0 Å². The second kappa shape index (κ2) is 4.68. The highest BCUT2D eigenvalue weighted by Gasteiger charge is 2.36. The smallest absolute Gasteiger partial charge is 0.323 e. The fourth-order valence-corrected chi connectivity index (χ4v) is 1.72. The molecule has 0 aliphatic rings. The Labute approximate surface area is 108 Å². The van der Waals surface area contributed by atoms with Crippen molar-refractivity contribution in [3.63, 3.8) is 0 Å². The maximum atomic E-state index is 13.4. The molecule has 2 aromatic heterocycles. The molecule has 0 saturated heterocycles. The molecule has 2 rings (SSSR count). The van der Waals surface area contributed by atoms with E-state index in [-0.39, 0.29) is 16.7 Å². The summed E-state index contributed by atoms with van der Waals surface area (Å²) < 4.78 is 52.2. The molecule has 0 fully saturated rings. The molecule has 0 saturated carbocycles. The third kappa shape index (κ3) is 2.69. The van der Waals surface area contributed by atoms with E-state index in [0.717, 1.165) is 17.0 Å². The van der Waals surface area contributed by atoms with Crippen LogP contribution in [0.3, 0.4) is 0 Å². The van der Waals surface area contributed by atoms with E-state index in [0.29, 0.717) is 0 Å². The number of nitrogens with zero attached hydrogens (tertiary/aromatic N) is 3. The van der Waals surface area contributed by atoms with Gasteiger partial charge >= 0.3 is 6.18 Å². The molecular weight excluding hydrogens is 318 g/mol. The van der Waals surface area contributed by atoms with Gasteiger partial charge in [0.2, 0.25) is 11.8 Å².